The lowest BCUT2D eigenvalue weighted by Gasteiger charge is -2.31. The minimum Gasteiger partial charge on any atom is -0.379 e. The summed E-state index contributed by atoms with van der Waals surface area (Å²) in [5.41, 5.74) is 1.34. The molecule has 1 amide bonds. The number of carbonyl (C=O) groups is 1. The molecule has 3 heterocycles. The zero-order chi connectivity index (χ0) is 27.5. The molecule has 3 aliphatic heterocycles. The highest BCUT2D eigenvalue weighted by atomic mass is 32.2. The normalized spacial score (nSPS) is 20.1. The molecule has 3 saturated heterocycles. The van der Waals surface area contributed by atoms with Gasteiger partial charge in [-0.15, -0.1) is 0 Å². The molecule has 0 aliphatic carbocycles. The fourth-order valence-electron chi connectivity index (χ4n) is 5.37. The monoisotopic (exact) mass is 576 g/mol. The summed E-state index contributed by atoms with van der Waals surface area (Å²) >= 11 is 0. The van der Waals surface area contributed by atoms with Crippen LogP contribution in [0.15, 0.2) is 52.3 Å². The van der Waals surface area contributed by atoms with Crippen molar-refractivity contribution in [2.45, 2.75) is 48.3 Å². The Labute approximate surface area is 231 Å². The molecule has 0 atom stereocenters. The second-order valence-corrected chi connectivity index (χ2v) is 14.1. The molecule has 1 N–H and O–H groups in total. The number of hydrogen-bond donors (Lipinski definition) is 1. The van der Waals surface area contributed by atoms with E-state index in [1.807, 2.05) is 0 Å². The van der Waals surface area contributed by atoms with Gasteiger partial charge in [0.1, 0.15) is 0 Å². The highest BCUT2D eigenvalue weighted by Gasteiger charge is 2.29. The Morgan fingerprint density at radius 3 is 1.95 bits per heavy atom. The molecule has 212 valence electrons. The zero-order valence-electron chi connectivity index (χ0n) is 22.0. The van der Waals surface area contributed by atoms with Gasteiger partial charge in [0.15, 0.2) is 0 Å². The Bertz CT molecular complexity index is 1400. The van der Waals surface area contributed by atoms with Crippen LogP contribution < -0.4 is 10.2 Å². The number of morpholine rings is 1. The number of sulfonamides is 2. The van der Waals surface area contributed by atoms with E-state index in [9.17, 15) is 21.6 Å². The van der Waals surface area contributed by atoms with Crippen LogP contribution in [-0.2, 0) is 24.8 Å². The topological polar surface area (TPSA) is 116 Å². The second kappa shape index (κ2) is 11.9. The maximum Gasteiger partial charge on any atom is 0.255 e. The van der Waals surface area contributed by atoms with Crippen LogP contribution in [0.2, 0.25) is 0 Å². The summed E-state index contributed by atoms with van der Waals surface area (Å²) in [7, 11) is -7.48. The highest BCUT2D eigenvalue weighted by molar-refractivity contribution is 7.89. The molecule has 5 rings (SSSR count). The molecule has 3 fully saturated rings. The van der Waals surface area contributed by atoms with Crippen molar-refractivity contribution >= 4 is 37.3 Å². The van der Waals surface area contributed by atoms with E-state index in [0.717, 1.165) is 57.3 Å². The molecular formula is C27H36N4O6S2. The quantitative estimate of drug-likeness (QED) is 0.538. The molecule has 3 aliphatic rings. The van der Waals surface area contributed by atoms with Gasteiger partial charge in [-0.1, -0.05) is 12.5 Å². The fourth-order valence-corrected chi connectivity index (χ4v) is 8.37. The number of piperidine rings is 2. The summed E-state index contributed by atoms with van der Waals surface area (Å²) in [5, 5.41) is 2.91. The van der Waals surface area contributed by atoms with Gasteiger partial charge in [0.25, 0.3) is 5.91 Å². The molecule has 0 spiro atoms. The summed E-state index contributed by atoms with van der Waals surface area (Å²) in [6, 6.07) is 10.9. The van der Waals surface area contributed by atoms with Crippen LogP contribution in [0.5, 0.6) is 0 Å². The third-order valence-corrected chi connectivity index (χ3v) is 11.4. The van der Waals surface area contributed by atoms with Gasteiger partial charge in [0, 0.05) is 44.8 Å². The Morgan fingerprint density at radius 2 is 1.28 bits per heavy atom. The Hall–Kier alpha value is -2.51. The summed E-state index contributed by atoms with van der Waals surface area (Å²) in [6.07, 6.45) is 5.84. The molecule has 12 heteroatoms. The first-order valence-electron chi connectivity index (χ1n) is 13.7. The average molecular weight is 577 g/mol. The molecule has 39 heavy (non-hydrogen) atoms. The fraction of sp³-hybridized carbons (Fsp3) is 0.519. The van der Waals surface area contributed by atoms with Crippen molar-refractivity contribution in [2.75, 3.05) is 62.7 Å². The van der Waals surface area contributed by atoms with E-state index in [2.05, 4.69) is 10.2 Å². The van der Waals surface area contributed by atoms with Gasteiger partial charge < -0.3 is 15.0 Å². The van der Waals surface area contributed by atoms with Crippen LogP contribution in [0.4, 0.5) is 11.4 Å². The van der Waals surface area contributed by atoms with Crippen LogP contribution in [0, 0.1) is 0 Å². The maximum atomic E-state index is 13.4. The van der Waals surface area contributed by atoms with Crippen LogP contribution in [0.1, 0.15) is 48.9 Å². The predicted octanol–water partition coefficient (Wildman–Crippen LogP) is 3.12. The van der Waals surface area contributed by atoms with E-state index >= 15 is 0 Å². The third kappa shape index (κ3) is 6.14. The minimum absolute atomic E-state index is 0.0368. The van der Waals surface area contributed by atoms with Gasteiger partial charge in [-0.3, -0.25) is 4.79 Å². The number of carbonyl (C=O) groups excluding carboxylic acids is 1. The van der Waals surface area contributed by atoms with E-state index in [1.165, 1.54) is 20.7 Å². The summed E-state index contributed by atoms with van der Waals surface area (Å²) in [4.78, 5) is 15.8. The first-order valence-corrected chi connectivity index (χ1v) is 16.5. The Balaban J connectivity index is 1.45. The molecule has 2 aromatic carbocycles. The van der Waals surface area contributed by atoms with Gasteiger partial charge >= 0.3 is 0 Å². The molecule has 10 nitrogen and oxygen atoms in total. The van der Waals surface area contributed by atoms with Crippen molar-refractivity contribution in [3.8, 4) is 0 Å². The summed E-state index contributed by atoms with van der Waals surface area (Å²) in [6.45, 7) is 3.78. The number of nitrogens with zero attached hydrogens (tertiary/aromatic N) is 3. The van der Waals surface area contributed by atoms with Crippen molar-refractivity contribution in [2.24, 2.45) is 0 Å². The van der Waals surface area contributed by atoms with Gasteiger partial charge in [-0.2, -0.15) is 8.61 Å². The number of anilines is 2. The summed E-state index contributed by atoms with van der Waals surface area (Å²) in [5.74, 6) is -0.500. The van der Waals surface area contributed by atoms with Gasteiger partial charge in [-0.05, 0) is 68.5 Å². The number of hydrogen-bond acceptors (Lipinski definition) is 7. The van der Waals surface area contributed by atoms with Gasteiger partial charge in [0.05, 0.1) is 34.4 Å². The van der Waals surface area contributed by atoms with Crippen LogP contribution >= 0.6 is 0 Å². The van der Waals surface area contributed by atoms with Crippen LogP contribution in [0.3, 0.4) is 0 Å². The molecular weight excluding hydrogens is 540 g/mol. The van der Waals surface area contributed by atoms with Crippen molar-refractivity contribution in [1.82, 2.24) is 8.61 Å². The first-order chi connectivity index (χ1) is 18.8. The smallest absolute Gasteiger partial charge is 0.255 e. The summed E-state index contributed by atoms with van der Waals surface area (Å²) < 4.78 is 61.3. The van der Waals surface area contributed by atoms with Crippen LogP contribution in [0.25, 0.3) is 0 Å². The molecule has 0 radical (unpaired) electrons. The van der Waals surface area contributed by atoms with Crippen molar-refractivity contribution < 1.29 is 26.4 Å². The lowest BCUT2D eigenvalue weighted by Crippen LogP contribution is -2.40. The second-order valence-electron chi connectivity index (χ2n) is 10.2. The SMILES string of the molecule is O=C(Nc1cc(S(=O)(=O)N2CCCCC2)ccc1N1CCCCC1)c1cccc(S(=O)(=O)N2CCOCC2)c1. The lowest BCUT2D eigenvalue weighted by atomic mass is 10.1. The lowest BCUT2D eigenvalue weighted by molar-refractivity contribution is 0.0730. The average Bonchev–Trinajstić information content (AvgIpc) is 2.98. The number of amides is 1. The standard InChI is InChI=1S/C27H36N4O6S2/c32-27(22-8-7-9-23(20-22)38(33,34)31-16-18-37-19-17-31)28-25-21-24(39(35,36)30-14-5-2-6-15-30)10-11-26(25)29-12-3-1-4-13-29/h7-11,20-21H,1-6,12-19H2,(H,28,32). The minimum atomic E-state index is -3.77. The molecule has 0 saturated carbocycles. The van der Waals surface area contributed by atoms with E-state index in [1.54, 1.807) is 30.3 Å². The largest absolute Gasteiger partial charge is 0.379 e. The first kappa shape index (κ1) is 28.0. The Morgan fingerprint density at radius 1 is 0.692 bits per heavy atom. The number of rotatable bonds is 7. The van der Waals surface area contributed by atoms with Crippen molar-refractivity contribution in [3.63, 3.8) is 0 Å². The molecule has 2 aromatic rings. The van der Waals surface area contributed by atoms with Crippen molar-refractivity contribution in [1.29, 1.82) is 0 Å². The number of nitrogens with one attached hydrogen (secondary N) is 1. The van der Waals surface area contributed by atoms with E-state index in [-0.39, 0.29) is 28.4 Å². The third-order valence-electron chi connectivity index (χ3n) is 7.57. The van der Waals surface area contributed by atoms with Crippen molar-refractivity contribution in [3.05, 3.63) is 48.0 Å². The maximum absolute atomic E-state index is 13.4. The zero-order valence-corrected chi connectivity index (χ0v) is 23.7. The number of ether oxygens (including phenoxy) is 1. The molecule has 0 bridgehead atoms. The molecule has 0 unspecified atom stereocenters. The predicted molar refractivity (Wildman–Crippen MR) is 149 cm³/mol. The number of benzene rings is 2. The van der Waals surface area contributed by atoms with E-state index < -0.39 is 26.0 Å². The van der Waals surface area contributed by atoms with E-state index in [0.29, 0.717) is 32.0 Å². The van der Waals surface area contributed by atoms with Gasteiger partial charge in [0.2, 0.25) is 20.0 Å². The highest BCUT2D eigenvalue weighted by Crippen LogP contribution is 2.33. The van der Waals surface area contributed by atoms with Crippen LogP contribution in [-0.4, -0.2) is 83.8 Å². The molecule has 0 aromatic heterocycles. The van der Waals surface area contributed by atoms with Gasteiger partial charge in [-0.25, -0.2) is 16.8 Å². The van der Waals surface area contributed by atoms with E-state index in [4.69, 9.17) is 4.74 Å². The Kier molecular flexibility index (Phi) is 8.57.